The summed E-state index contributed by atoms with van der Waals surface area (Å²) < 4.78 is 28.0. The molecule has 22 heavy (non-hydrogen) atoms. The van der Waals surface area contributed by atoms with Crippen LogP contribution in [0.1, 0.15) is 23.1 Å². The van der Waals surface area contributed by atoms with Gasteiger partial charge in [0.25, 0.3) is 0 Å². The number of fused-ring (bicyclic) bond motifs is 1. The van der Waals surface area contributed by atoms with Crippen LogP contribution >= 0.6 is 0 Å². The molecule has 3 rings (SSSR count). The van der Waals surface area contributed by atoms with E-state index in [4.69, 9.17) is 0 Å². The highest BCUT2D eigenvalue weighted by atomic mass is 32.2. The lowest BCUT2D eigenvalue weighted by Crippen LogP contribution is -2.47. The molecule has 2 aromatic carbocycles. The van der Waals surface area contributed by atoms with Gasteiger partial charge in [0.05, 0.1) is 17.0 Å². The second-order valence-electron chi connectivity index (χ2n) is 5.82. The van der Waals surface area contributed by atoms with Crippen LogP contribution in [0.2, 0.25) is 0 Å². The monoisotopic (exact) mass is 317 g/mol. The normalized spacial score (nSPS) is 20.8. The Hall–Kier alpha value is -1.69. The lowest BCUT2D eigenvalue weighted by Gasteiger charge is -2.29. The Morgan fingerprint density at radius 3 is 2.50 bits per heavy atom. The first-order chi connectivity index (χ1) is 10.5. The highest BCUT2D eigenvalue weighted by Crippen LogP contribution is 2.37. The van der Waals surface area contributed by atoms with Crippen LogP contribution in [0.4, 0.5) is 0 Å². The maximum absolute atomic E-state index is 12.7. The maximum atomic E-state index is 12.7. The van der Waals surface area contributed by atoms with Gasteiger partial charge < -0.3 is 5.11 Å². The number of rotatable bonds is 4. The van der Waals surface area contributed by atoms with Crippen LogP contribution in [0.15, 0.2) is 53.4 Å². The molecule has 116 valence electrons. The van der Waals surface area contributed by atoms with Crippen LogP contribution < -0.4 is 4.72 Å². The molecule has 4 nitrogen and oxygen atoms in total. The van der Waals surface area contributed by atoms with E-state index < -0.39 is 15.6 Å². The second-order valence-corrected chi connectivity index (χ2v) is 7.50. The molecular weight excluding hydrogens is 298 g/mol. The number of hydrogen-bond acceptors (Lipinski definition) is 3. The van der Waals surface area contributed by atoms with Gasteiger partial charge >= 0.3 is 0 Å². The maximum Gasteiger partial charge on any atom is 0.241 e. The quantitative estimate of drug-likeness (QED) is 0.907. The van der Waals surface area contributed by atoms with Gasteiger partial charge in [0, 0.05) is 0 Å². The topological polar surface area (TPSA) is 66.4 Å². The fourth-order valence-corrected chi connectivity index (χ4v) is 4.43. The number of hydrogen-bond donors (Lipinski definition) is 2. The van der Waals surface area contributed by atoms with E-state index in [2.05, 4.69) is 4.72 Å². The van der Waals surface area contributed by atoms with E-state index in [1.54, 1.807) is 24.3 Å². The molecule has 1 aliphatic rings. The summed E-state index contributed by atoms with van der Waals surface area (Å²) in [4.78, 5) is 0.218. The summed E-state index contributed by atoms with van der Waals surface area (Å²) in [6, 6.07) is 14.4. The smallest absolute Gasteiger partial charge is 0.241 e. The molecule has 0 aliphatic heterocycles. The summed E-state index contributed by atoms with van der Waals surface area (Å²) in [5.74, 6) is 0. The zero-order valence-electron chi connectivity index (χ0n) is 12.4. The third-order valence-corrected chi connectivity index (χ3v) is 5.84. The average Bonchev–Trinajstić information content (AvgIpc) is 2.87. The van der Waals surface area contributed by atoms with Gasteiger partial charge in [-0.2, -0.15) is 4.72 Å². The second kappa shape index (κ2) is 5.50. The van der Waals surface area contributed by atoms with Crippen LogP contribution in [-0.4, -0.2) is 20.1 Å². The molecule has 2 N–H and O–H groups in total. The molecule has 0 amide bonds. The largest absolute Gasteiger partial charge is 0.394 e. The Morgan fingerprint density at radius 2 is 1.82 bits per heavy atom. The number of nitrogens with one attached hydrogen (secondary N) is 1. The molecule has 0 saturated carbocycles. The molecule has 0 heterocycles. The van der Waals surface area contributed by atoms with Gasteiger partial charge in [-0.15, -0.1) is 0 Å². The number of benzene rings is 2. The minimum Gasteiger partial charge on any atom is -0.394 e. The average molecular weight is 317 g/mol. The van der Waals surface area contributed by atoms with E-state index >= 15 is 0 Å². The van der Waals surface area contributed by atoms with Crippen molar-refractivity contribution in [2.75, 3.05) is 6.61 Å². The van der Waals surface area contributed by atoms with Gasteiger partial charge in [-0.25, -0.2) is 8.42 Å². The predicted molar refractivity (Wildman–Crippen MR) is 85.0 cm³/mol. The van der Waals surface area contributed by atoms with Crippen molar-refractivity contribution in [3.63, 3.8) is 0 Å². The summed E-state index contributed by atoms with van der Waals surface area (Å²) >= 11 is 0. The molecule has 0 aromatic heterocycles. The molecule has 0 saturated heterocycles. The van der Waals surface area contributed by atoms with Crippen LogP contribution in [0.5, 0.6) is 0 Å². The minimum atomic E-state index is -3.68. The Labute approximate surface area is 130 Å². The van der Waals surface area contributed by atoms with E-state index in [-0.39, 0.29) is 11.5 Å². The van der Waals surface area contributed by atoms with E-state index in [1.807, 2.05) is 31.2 Å². The molecule has 0 radical (unpaired) electrons. The molecule has 0 fully saturated rings. The highest BCUT2D eigenvalue weighted by molar-refractivity contribution is 7.89. The zero-order chi connectivity index (χ0) is 15.8. The van der Waals surface area contributed by atoms with Crippen molar-refractivity contribution in [1.82, 2.24) is 4.72 Å². The van der Waals surface area contributed by atoms with Gasteiger partial charge in [-0.05, 0) is 43.0 Å². The fraction of sp³-hybridized carbons (Fsp3) is 0.294. The Bertz CT molecular complexity index is 784. The van der Waals surface area contributed by atoms with E-state index in [0.29, 0.717) is 6.42 Å². The van der Waals surface area contributed by atoms with Crippen LogP contribution in [0.3, 0.4) is 0 Å². The summed E-state index contributed by atoms with van der Waals surface area (Å²) in [5, 5.41) is 9.89. The highest BCUT2D eigenvalue weighted by Gasteiger charge is 2.41. The summed E-state index contributed by atoms with van der Waals surface area (Å²) in [6.45, 7) is 1.65. The van der Waals surface area contributed by atoms with Crippen molar-refractivity contribution in [2.45, 2.75) is 30.2 Å². The van der Waals surface area contributed by atoms with Gasteiger partial charge in [-0.1, -0.05) is 42.0 Å². The third-order valence-electron chi connectivity index (χ3n) is 4.28. The van der Waals surface area contributed by atoms with Gasteiger partial charge in [0.1, 0.15) is 0 Å². The fourth-order valence-electron chi connectivity index (χ4n) is 3.02. The lowest BCUT2D eigenvalue weighted by molar-refractivity contribution is 0.182. The summed E-state index contributed by atoms with van der Waals surface area (Å²) in [7, 11) is -3.68. The van der Waals surface area contributed by atoms with Crippen molar-refractivity contribution in [2.24, 2.45) is 0 Å². The molecule has 0 bridgehead atoms. The van der Waals surface area contributed by atoms with Crippen molar-refractivity contribution in [1.29, 1.82) is 0 Å². The van der Waals surface area contributed by atoms with E-state index in [1.165, 1.54) is 0 Å². The first-order valence-corrected chi connectivity index (χ1v) is 8.75. The predicted octanol–water partition coefficient (Wildman–Crippen LogP) is 2.11. The number of aliphatic hydroxyl groups excluding tert-OH is 1. The van der Waals surface area contributed by atoms with Crippen molar-refractivity contribution < 1.29 is 13.5 Å². The molecule has 1 atom stereocenters. The first-order valence-electron chi connectivity index (χ1n) is 7.27. The molecule has 1 aliphatic carbocycles. The standard InChI is InChI=1S/C17H19NO3S/c1-13-6-8-15(9-7-13)22(20,21)18-17(12-19)11-10-14-4-2-3-5-16(14)17/h2-9,18-19H,10-12H2,1H3. The van der Waals surface area contributed by atoms with Crippen molar-refractivity contribution >= 4 is 10.0 Å². The van der Waals surface area contributed by atoms with Crippen LogP contribution in [0.25, 0.3) is 0 Å². The molecular formula is C17H19NO3S. The first kappa shape index (κ1) is 15.2. The molecule has 1 unspecified atom stereocenters. The Balaban J connectivity index is 1.99. The number of aryl methyl sites for hydroxylation is 2. The van der Waals surface area contributed by atoms with Gasteiger partial charge in [-0.3, -0.25) is 0 Å². The van der Waals surface area contributed by atoms with Gasteiger partial charge in [0.2, 0.25) is 10.0 Å². The third kappa shape index (κ3) is 2.56. The summed E-state index contributed by atoms with van der Waals surface area (Å²) in [5.41, 5.74) is 2.03. The number of aliphatic hydroxyl groups is 1. The Kier molecular flexibility index (Phi) is 3.80. The molecule has 2 aromatic rings. The van der Waals surface area contributed by atoms with Crippen molar-refractivity contribution in [3.8, 4) is 0 Å². The summed E-state index contributed by atoms with van der Waals surface area (Å²) in [6.07, 6.45) is 1.32. The number of sulfonamides is 1. The van der Waals surface area contributed by atoms with E-state index in [9.17, 15) is 13.5 Å². The SMILES string of the molecule is Cc1ccc(S(=O)(=O)NC2(CO)CCc3ccccc32)cc1. The lowest BCUT2D eigenvalue weighted by atomic mass is 9.94. The zero-order valence-corrected chi connectivity index (χ0v) is 13.2. The Morgan fingerprint density at radius 1 is 1.14 bits per heavy atom. The van der Waals surface area contributed by atoms with E-state index in [0.717, 1.165) is 23.1 Å². The van der Waals surface area contributed by atoms with Crippen LogP contribution in [0, 0.1) is 6.92 Å². The molecule has 5 heteroatoms. The minimum absolute atomic E-state index is 0.218. The van der Waals surface area contributed by atoms with Crippen molar-refractivity contribution in [3.05, 3.63) is 65.2 Å². The molecule has 0 spiro atoms. The van der Waals surface area contributed by atoms with Gasteiger partial charge in [0.15, 0.2) is 0 Å². The van der Waals surface area contributed by atoms with Crippen LogP contribution in [-0.2, 0) is 22.0 Å².